The fourth-order valence-electron chi connectivity index (χ4n) is 0.879. The molecule has 7 heteroatoms. The zero-order chi connectivity index (χ0) is 11.8. The van der Waals surface area contributed by atoms with Gasteiger partial charge in [-0.15, -0.1) is 0 Å². The summed E-state index contributed by atoms with van der Waals surface area (Å²) in [4.78, 5) is 22.0. The molecule has 6 nitrogen and oxygen atoms in total. The van der Waals surface area contributed by atoms with E-state index in [1.54, 1.807) is 0 Å². The van der Waals surface area contributed by atoms with Crippen molar-refractivity contribution in [2.75, 3.05) is 18.6 Å². The molecule has 0 fully saturated rings. The molecule has 0 aromatic carbocycles. The summed E-state index contributed by atoms with van der Waals surface area (Å²) in [6.07, 6.45) is 2.24. The Bertz CT molecular complexity index is 225. The molecule has 88 valence electrons. The molecule has 0 radical (unpaired) electrons. The average molecular weight is 235 g/mol. The molecular weight excluding hydrogens is 218 g/mol. The lowest BCUT2D eigenvalue weighted by molar-refractivity contribution is -0.142. The highest BCUT2D eigenvalue weighted by atomic mass is 32.2. The van der Waals surface area contributed by atoms with Crippen molar-refractivity contribution in [2.24, 2.45) is 11.5 Å². The molecule has 0 rings (SSSR count). The molecule has 0 bridgehead atoms. The van der Waals surface area contributed by atoms with Gasteiger partial charge in [-0.1, -0.05) is 0 Å². The van der Waals surface area contributed by atoms with E-state index in [1.165, 1.54) is 11.8 Å². The molecule has 0 aliphatic rings. The van der Waals surface area contributed by atoms with Gasteiger partial charge in [-0.3, -0.25) is 4.79 Å². The van der Waals surface area contributed by atoms with Gasteiger partial charge < -0.3 is 21.9 Å². The van der Waals surface area contributed by atoms with Gasteiger partial charge in [-0.25, -0.2) is 4.79 Å². The first-order chi connectivity index (χ1) is 7.02. The SMILES string of the molecule is CSCC[C@H](NC(=O)C(N)CN)C(=O)O. The van der Waals surface area contributed by atoms with Crippen molar-refractivity contribution < 1.29 is 14.7 Å². The minimum atomic E-state index is -1.05. The quantitative estimate of drug-likeness (QED) is 0.431. The molecule has 0 aromatic heterocycles. The van der Waals surface area contributed by atoms with Crippen molar-refractivity contribution in [3.05, 3.63) is 0 Å². The molecule has 1 amide bonds. The van der Waals surface area contributed by atoms with Crippen molar-refractivity contribution >= 4 is 23.6 Å². The first-order valence-corrected chi connectivity index (χ1v) is 5.90. The molecule has 15 heavy (non-hydrogen) atoms. The van der Waals surface area contributed by atoms with Crippen molar-refractivity contribution in [1.29, 1.82) is 0 Å². The maximum Gasteiger partial charge on any atom is 0.326 e. The normalized spacial score (nSPS) is 14.3. The largest absolute Gasteiger partial charge is 0.480 e. The van der Waals surface area contributed by atoms with Gasteiger partial charge >= 0.3 is 5.97 Å². The summed E-state index contributed by atoms with van der Waals surface area (Å²) in [6.45, 7) is 0.000695. The van der Waals surface area contributed by atoms with Crippen LogP contribution in [0.3, 0.4) is 0 Å². The Hall–Kier alpha value is -0.790. The van der Waals surface area contributed by atoms with Crippen LogP contribution in [0.4, 0.5) is 0 Å². The number of carboxylic acids is 1. The number of hydrogen-bond acceptors (Lipinski definition) is 5. The summed E-state index contributed by atoms with van der Waals surface area (Å²) >= 11 is 1.52. The van der Waals surface area contributed by atoms with Gasteiger partial charge in [-0.05, 0) is 18.4 Å². The minimum Gasteiger partial charge on any atom is -0.480 e. The average Bonchev–Trinajstić information content (AvgIpc) is 2.22. The lowest BCUT2D eigenvalue weighted by atomic mass is 10.2. The molecule has 0 aromatic rings. The van der Waals surface area contributed by atoms with E-state index in [0.717, 1.165) is 0 Å². The number of amides is 1. The molecule has 0 aliphatic carbocycles. The third kappa shape index (κ3) is 5.60. The first kappa shape index (κ1) is 14.2. The number of aliphatic carboxylic acids is 1. The number of nitrogens with two attached hydrogens (primary N) is 2. The van der Waals surface area contributed by atoms with Gasteiger partial charge in [0.05, 0.1) is 6.04 Å². The molecule has 0 saturated heterocycles. The van der Waals surface area contributed by atoms with E-state index in [1.807, 2.05) is 6.26 Å². The van der Waals surface area contributed by atoms with E-state index in [9.17, 15) is 9.59 Å². The number of carbonyl (C=O) groups excluding carboxylic acids is 1. The third-order valence-corrected chi connectivity index (χ3v) is 2.46. The Morgan fingerprint density at radius 3 is 2.53 bits per heavy atom. The van der Waals surface area contributed by atoms with Gasteiger partial charge in [0.2, 0.25) is 5.91 Å². The fraction of sp³-hybridized carbons (Fsp3) is 0.750. The van der Waals surface area contributed by atoms with Gasteiger partial charge in [0, 0.05) is 6.54 Å². The number of rotatable bonds is 7. The van der Waals surface area contributed by atoms with E-state index in [4.69, 9.17) is 16.6 Å². The van der Waals surface area contributed by atoms with Crippen LogP contribution in [0.5, 0.6) is 0 Å². The predicted molar refractivity (Wildman–Crippen MR) is 59.6 cm³/mol. The zero-order valence-electron chi connectivity index (χ0n) is 8.60. The topological polar surface area (TPSA) is 118 Å². The second kappa shape index (κ2) is 7.49. The Labute approximate surface area is 92.8 Å². The molecule has 6 N–H and O–H groups in total. The number of nitrogens with one attached hydrogen (secondary N) is 1. The number of carboxylic acid groups (broad SMARTS) is 1. The molecule has 1 unspecified atom stereocenters. The molecule has 0 saturated carbocycles. The molecular formula is C8H17N3O3S. The van der Waals surface area contributed by atoms with Crippen molar-refractivity contribution in [1.82, 2.24) is 5.32 Å². The predicted octanol–water partition coefficient (Wildman–Crippen LogP) is -1.41. The van der Waals surface area contributed by atoms with Gasteiger partial charge in [0.15, 0.2) is 0 Å². The third-order valence-electron chi connectivity index (χ3n) is 1.82. The molecule has 0 aliphatic heterocycles. The summed E-state index contributed by atoms with van der Waals surface area (Å²) in [5.41, 5.74) is 10.5. The second-order valence-corrected chi connectivity index (χ2v) is 4.01. The van der Waals surface area contributed by atoms with Crippen LogP contribution in [0.2, 0.25) is 0 Å². The van der Waals surface area contributed by atoms with Crippen LogP contribution in [0.1, 0.15) is 6.42 Å². The molecule has 2 atom stereocenters. The van der Waals surface area contributed by atoms with E-state index in [2.05, 4.69) is 5.32 Å². The van der Waals surface area contributed by atoms with Crippen LogP contribution < -0.4 is 16.8 Å². The maximum absolute atomic E-state index is 11.3. The summed E-state index contributed by atoms with van der Waals surface area (Å²) in [7, 11) is 0. The van der Waals surface area contributed by atoms with E-state index in [-0.39, 0.29) is 6.54 Å². The van der Waals surface area contributed by atoms with E-state index < -0.39 is 24.0 Å². The van der Waals surface area contributed by atoms with Crippen LogP contribution in [0.15, 0.2) is 0 Å². The lowest BCUT2D eigenvalue weighted by Gasteiger charge is -2.16. The van der Waals surface area contributed by atoms with E-state index >= 15 is 0 Å². The van der Waals surface area contributed by atoms with Crippen LogP contribution in [-0.2, 0) is 9.59 Å². The van der Waals surface area contributed by atoms with Gasteiger partial charge in [-0.2, -0.15) is 11.8 Å². The van der Waals surface area contributed by atoms with Crippen molar-refractivity contribution in [3.63, 3.8) is 0 Å². The number of thioether (sulfide) groups is 1. The highest BCUT2D eigenvalue weighted by molar-refractivity contribution is 7.98. The van der Waals surface area contributed by atoms with Crippen LogP contribution >= 0.6 is 11.8 Å². The Balaban J connectivity index is 4.16. The van der Waals surface area contributed by atoms with Crippen LogP contribution in [-0.4, -0.2) is 47.6 Å². The van der Waals surface area contributed by atoms with Crippen molar-refractivity contribution in [3.8, 4) is 0 Å². The second-order valence-electron chi connectivity index (χ2n) is 3.02. The first-order valence-electron chi connectivity index (χ1n) is 4.50. The van der Waals surface area contributed by atoms with Crippen LogP contribution in [0.25, 0.3) is 0 Å². The Morgan fingerprint density at radius 2 is 2.13 bits per heavy atom. The van der Waals surface area contributed by atoms with E-state index in [0.29, 0.717) is 12.2 Å². The smallest absolute Gasteiger partial charge is 0.326 e. The Kier molecular flexibility index (Phi) is 7.10. The standard InChI is InChI=1S/C8H17N3O3S/c1-15-3-2-6(8(13)14)11-7(12)5(10)4-9/h5-6H,2-4,9-10H2,1H3,(H,11,12)(H,13,14)/t5?,6-/m0/s1. The summed E-state index contributed by atoms with van der Waals surface area (Å²) < 4.78 is 0. The molecule has 0 spiro atoms. The fourth-order valence-corrected chi connectivity index (χ4v) is 1.35. The number of carbonyl (C=O) groups is 2. The summed E-state index contributed by atoms with van der Waals surface area (Å²) in [5.74, 6) is -0.914. The summed E-state index contributed by atoms with van der Waals surface area (Å²) in [6, 6.07) is -1.73. The van der Waals surface area contributed by atoms with Gasteiger partial charge in [0.1, 0.15) is 6.04 Å². The zero-order valence-corrected chi connectivity index (χ0v) is 9.42. The number of hydrogen-bond donors (Lipinski definition) is 4. The Morgan fingerprint density at radius 1 is 1.53 bits per heavy atom. The highest BCUT2D eigenvalue weighted by Crippen LogP contribution is 2.01. The van der Waals surface area contributed by atoms with Gasteiger partial charge in [0.25, 0.3) is 0 Å². The maximum atomic E-state index is 11.3. The van der Waals surface area contributed by atoms with Crippen molar-refractivity contribution in [2.45, 2.75) is 18.5 Å². The molecule has 0 heterocycles. The highest BCUT2D eigenvalue weighted by Gasteiger charge is 2.21. The van der Waals surface area contributed by atoms with Crippen LogP contribution in [0, 0.1) is 0 Å². The monoisotopic (exact) mass is 235 g/mol. The minimum absolute atomic E-state index is 0.000695. The lowest BCUT2D eigenvalue weighted by Crippen LogP contribution is -2.51. The summed E-state index contributed by atoms with van der Waals surface area (Å²) in [5, 5.41) is 11.2.